The van der Waals surface area contributed by atoms with Crippen LogP contribution in [0.1, 0.15) is 32.8 Å². The van der Waals surface area contributed by atoms with Gasteiger partial charge in [0.05, 0.1) is 12.0 Å². The van der Waals surface area contributed by atoms with Crippen LogP contribution in [0.4, 0.5) is 29.9 Å². The number of ether oxygens (including phenoxy) is 2. The number of likely N-dealkylation sites (tertiary alicyclic amines) is 1. The van der Waals surface area contributed by atoms with Crippen LogP contribution in [0.2, 0.25) is 0 Å². The van der Waals surface area contributed by atoms with Crippen molar-refractivity contribution in [2.75, 3.05) is 20.2 Å². The van der Waals surface area contributed by atoms with E-state index in [1.165, 1.54) is 0 Å². The largest absolute Gasteiger partial charge is 0.490 e. The molecule has 0 radical (unpaired) electrons. The zero-order chi connectivity index (χ0) is 23.9. The first kappa shape index (κ1) is 24.9. The van der Waals surface area contributed by atoms with Gasteiger partial charge in [0.15, 0.2) is 0 Å². The van der Waals surface area contributed by atoms with Crippen molar-refractivity contribution in [3.63, 3.8) is 0 Å². The molecule has 1 amide bonds. The van der Waals surface area contributed by atoms with Gasteiger partial charge in [-0.05, 0) is 33.3 Å². The van der Waals surface area contributed by atoms with Gasteiger partial charge in [-0.2, -0.15) is 0 Å². The fraction of sp³-hybridized carbons (Fsp3) is 0.588. The highest BCUT2D eigenvalue weighted by Gasteiger charge is 2.66. The van der Waals surface area contributed by atoms with Crippen molar-refractivity contribution in [2.45, 2.75) is 50.3 Å². The summed E-state index contributed by atoms with van der Waals surface area (Å²) in [5, 5.41) is 13.8. The van der Waals surface area contributed by atoms with E-state index < -0.39 is 54.8 Å². The van der Waals surface area contributed by atoms with Gasteiger partial charge in [0.2, 0.25) is 5.75 Å². The van der Waals surface area contributed by atoms with Gasteiger partial charge in [0, 0.05) is 37.3 Å². The number of alkyl carbamates (subject to hydrolysis) is 1. The fourth-order valence-corrected chi connectivity index (χ4v) is 3.86. The molecule has 1 heterocycles. The number of nitrogens with zero attached hydrogens (tertiary/aromatic N) is 2. The van der Waals surface area contributed by atoms with Crippen molar-refractivity contribution >= 4 is 22.0 Å². The summed E-state index contributed by atoms with van der Waals surface area (Å²) >= 11 is 0. The van der Waals surface area contributed by atoms with Gasteiger partial charge in [-0.1, -0.05) is 19.4 Å². The molecule has 1 aromatic carbocycles. The molecule has 1 aliphatic rings. The average Bonchev–Trinajstić information content (AvgIpc) is 2.96. The number of nitro groups is 1. The summed E-state index contributed by atoms with van der Waals surface area (Å²) in [6.45, 7) is 5.20. The van der Waals surface area contributed by atoms with Gasteiger partial charge >= 0.3 is 22.0 Å². The topological polar surface area (TPSA) is 93.9 Å². The quantitative estimate of drug-likeness (QED) is 0.337. The molecule has 1 saturated heterocycles. The minimum Gasteiger partial charge on any atom is -0.490 e. The number of amides is 1. The Morgan fingerprint density at radius 2 is 1.90 bits per heavy atom. The third-order valence-electron chi connectivity index (χ3n) is 4.35. The number of methoxy groups -OCH3 is 1. The van der Waals surface area contributed by atoms with E-state index in [-0.39, 0.29) is 25.2 Å². The average molecular weight is 477 g/mol. The van der Waals surface area contributed by atoms with Crippen LogP contribution in [0.25, 0.3) is 0 Å². The zero-order valence-corrected chi connectivity index (χ0v) is 18.1. The van der Waals surface area contributed by atoms with Crippen molar-refractivity contribution in [1.82, 2.24) is 10.2 Å². The maximum absolute atomic E-state index is 13.3. The summed E-state index contributed by atoms with van der Waals surface area (Å²) in [5.41, 5.74) is -2.33. The van der Waals surface area contributed by atoms with Crippen molar-refractivity contribution < 1.29 is 38.6 Å². The number of halogens is 5. The van der Waals surface area contributed by atoms with E-state index in [4.69, 9.17) is 9.47 Å². The number of hydrogen-bond acceptors (Lipinski definition) is 6. The van der Waals surface area contributed by atoms with E-state index in [1.54, 1.807) is 25.7 Å². The molecule has 0 spiro atoms. The molecule has 0 unspecified atom stereocenters. The second kappa shape index (κ2) is 7.36. The molecule has 31 heavy (non-hydrogen) atoms. The Kier molecular flexibility index (Phi) is 5.92. The Balaban J connectivity index is 2.28. The van der Waals surface area contributed by atoms with Crippen molar-refractivity contribution in [1.29, 1.82) is 0 Å². The van der Waals surface area contributed by atoms with Crippen LogP contribution in [0.15, 0.2) is 17.0 Å². The number of nitro benzene ring substituents is 1. The first-order valence-electron chi connectivity index (χ1n) is 9.10. The molecule has 0 saturated carbocycles. The lowest BCUT2D eigenvalue weighted by Gasteiger charge is -2.40. The van der Waals surface area contributed by atoms with Crippen LogP contribution in [0.3, 0.4) is 0 Å². The summed E-state index contributed by atoms with van der Waals surface area (Å²) in [4.78, 5) is 21.1. The second-order valence-corrected chi connectivity index (χ2v) is 10.6. The normalized spacial score (nSPS) is 20.0. The van der Waals surface area contributed by atoms with Crippen LogP contribution in [0.5, 0.6) is 5.75 Å². The van der Waals surface area contributed by atoms with Gasteiger partial charge in [-0.3, -0.25) is 15.0 Å². The maximum atomic E-state index is 13.3. The molecule has 2 rings (SSSR count). The molecule has 0 aromatic heterocycles. The van der Waals surface area contributed by atoms with Gasteiger partial charge in [-0.25, -0.2) is 4.79 Å². The van der Waals surface area contributed by atoms with Gasteiger partial charge < -0.3 is 14.8 Å². The van der Waals surface area contributed by atoms with E-state index in [0.717, 1.165) is 7.11 Å². The predicted molar refractivity (Wildman–Crippen MR) is 104 cm³/mol. The number of carbonyl (C=O) groups is 1. The van der Waals surface area contributed by atoms with Crippen LogP contribution in [0, 0.1) is 10.1 Å². The molecule has 1 aliphatic heterocycles. The standard InChI is InChI=1S/C17H24F5N3O5S/c1-17(2,3)30-16(26)23-12-5-6-24(10-12)9-11-7-13(31(18,19,20,21)22)8-14(25(27)28)15(11)29-4/h7-8,12H,5-6,9-10H2,1-4H3,(H,23,26)/t12-/m1/s1. The lowest BCUT2D eigenvalue weighted by molar-refractivity contribution is -0.386. The molecule has 1 fully saturated rings. The Morgan fingerprint density at radius 1 is 1.29 bits per heavy atom. The SMILES string of the molecule is COc1c(CN2CC[C@@H](NC(=O)OC(C)(C)C)C2)cc(S(F)(F)(F)(F)F)cc1[N+](=O)[O-]. The first-order chi connectivity index (χ1) is 13.8. The first-order valence-corrected chi connectivity index (χ1v) is 11.1. The molecule has 14 heteroatoms. The van der Waals surface area contributed by atoms with Gasteiger partial charge in [0.25, 0.3) is 0 Å². The van der Waals surface area contributed by atoms with Crippen molar-refractivity contribution in [3.05, 3.63) is 27.8 Å². The molecule has 0 aliphatic carbocycles. The Labute approximate surface area is 175 Å². The smallest absolute Gasteiger partial charge is 0.407 e. The van der Waals surface area contributed by atoms with Crippen LogP contribution in [-0.4, -0.2) is 47.8 Å². The second-order valence-electron chi connectivity index (χ2n) is 8.23. The van der Waals surface area contributed by atoms with E-state index in [1.807, 2.05) is 0 Å². The molecular formula is C17H24F5N3O5S. The Hall–Kier alpha value is -2.35. The lowest BCUT2D eigenvalue weighted by atomic mass is 10.1. The summed E-state index contributed by atoms with van der Waals surface area (Å²) in [7, 11) is -9.16. The van der Waals surface area contributed by atoms with Crippen molar-refractivity contribution in [3.8, 4) is 5.75 Å². The lowest BCUT2D eigenvalue weighted by Crippen LogP contribution is -2.40. The Bertz CT molecular complexity index is 889. The van der Waals surface area contributed by atoms with E-state index in [9.17, 15) is 34.3 Å². The third kappa shape index (κ3) is 6.82. The highest BCUT2D eigenvalue weighted by molar-refractivity contribution is 8.45. The van der Waals surface area contributed by atoms with Crippen LogP contribution < -0.4 is 10.1 Å². The number of rotatable bonds is 6. The van der Waals surface area contributed by atoms with Gasteiger partial charge in [-0.15, -0.1) is 0 Å². The van der Waals surface area contributed by atoms with Crippen LogP contribution in [-0.2, 0) is 11.3 Å². The van der Waals surface area contributed by atoms with E-state index >= 15 is 0 Å². The monoisotopic (exact) mass is 477 g/mol. The summed E-state index contributed by atoms with van der Waals surface area (Å²) in [6, 6.07) is -0.419. The third-order valence-corrected chi connectivity index (χ3v) is 5.48. The molecular weight excluding hydrogens is 453 g/mol. The minimum atomic E-state index is -10.2. The maximum Gasteiger partial charge on any atom is 0.407 e. The number of carbonyl (C=O) groups excluding carboxylic acids is 1. The van der Waals surface area contributed by atoms with E-state index in [2.05, 4.69) is 5.32 Å². The fourth-order valence-electron chi connectivity index (χ4n) is 3.16. The molecule has 1 atom stereocenters. The number of hydrogen-bond donors (Lipinski definition) is 1. The molecule has 0 bridgehead atoms. The minimum absolute atomic E-state index is 0.177. The van der Waals surface area contributed by atoms with Crippen molar-refractivity contribution in [2.24, 2.45) is 0 Å². The summed E-state index contributed by atoms with van der Waals surface area (Å²) in [6.07, 6.45) is -0.249. The summed E-state index contributed by atoms with van der Waals surface area (Å²) in [5.74, 6) is -0.529. The molecule has 1 N–H and O–H groups in total. The highest BCUT2D eigenvalue weighted by Crippen LogP contribution is 3.02. The molecule has 8 nitrogen and oxygen atoms in total. The number of nitrogens with one attached hydrogen (secondary N) is 1. The highest BCUT2D eigenvalue weighted by atomic mass is 32.5. The Morgan fingerprint density at radius 3 is 2.39 bits per heavy atom. The van der Waals surface area contributed by atoms with Gasteiger partial charge in [0.1, 0.15) is 10.5 Å². The predicted octanol–water partition coefficient (Wildman–Crippen LogP) is 5.36. The zero-order valence-electron chi connectivity index (χ0n) is 17.3. The molecule has 178 valence electrons. The van der Waals surface area contributed by atoms with Crippen LogP contribution >= 0.6 is 10.2 Å². The number of benzene rings is 1. The van der Waals surface area contributed by atoms with E-state index in [0.29, 0.717) is 13.0 Å². The molecule has 1 aromatic rings. The summed E-state index contributed by atoms with van der Waals surface area (Å²) < 4.78 is 76.6.